The van der Waals surface area contributed by atoms with Gasteiger partial charge in [-0.25, -0.2) is 8.78 Å². The van der Waals surface area contributed by atoms with Gasteiger partial charge in [0.1, 0.15) is 5.76 Å². The van der Waals surface area contributed by atoms with Crippen LogP contribution in [0.2, 0.25) is 0 Å². The maximum Gasteiger partial charge on any atom is 0.310 e. The lowest BCUT2D eigenvalue weighted by Gasteiger charge is -2.06. The van der Waals surface area contributed by atoms with Gasteiger partial charge in [0.25, 0.3) is 0 Å². The molecular formula is C14H10F2O4. The predicted molar refractivity (Wildman–Crippen MR) is 65.2 cm³/mol. The summed E-state index contributed by atoms with van der Waals surface area (Å²) in [5.41, 5.74) is -0.232. The third-order valence-corrected chi connectivity index (χ3v) is 2.73. The quantitative estimate of drug-likeness (QED) is 0.638. The highest BCUT2D eigenvalue weighted by Crippen LogP contribution is 2.28. The SMILES string of the molecule is COC(=O)Cc1ccc(-c2ccc(C=O)o2)c(F)c1F. The summed E-state index contributed by atoms with van der Waals surface area (Å²) in [6, 6.07) is 5.27. The first kappa shape index (κ1) is 13.9. The van der Waals surface area contributed by atoms with E-state index < -0.39 is 17.6 Å². The predicted octanol–water partition coefficient (Wildman–Crippen LogP) is 2.75. The highest BCUT2D eigenvalue weighted by Gasteiger charge is 2.18. The second-order valence-electron chi connectivity index (χ2n) is 3.97. The van der Waals surface area contributed by atoms with Crippen LogP contribution in [0.1, 0.15) is 16.1 Å². The van der Waals surface area contributed by atoms with Crippen LogP contribution in [0, 0.1) is 11.6 Å². The number of ether oxygens (including phenoxy) is 1. The van der Waals surface area contributed by atoms with Crippen LogP contribution < -0.4 is 0 Å². The Labute approximate surface area is 113 Å². The van der Waals surface area contributed by atoms with E-state index in [0.29, 0.717) is 6.29 Å². The average molecular weight is 280 g/mol. The van der Waals surface area contributed by atoms with E-state index in [1.165, 1.54) is 24.3 Å². The molecule has 4 nitrogen and oxygen atoms in total. The van der Waals surface area contributed by atoms with Crippen molar-refractivity contribution in [3.63, 3.8) is 0 Å². The molecule has 0 saturated carbocycles. The Bertz CT molecular complexity index is 661. The zero-order chi connectivity index (χ0) is 14.7. The van der Waals surface area contributed by atoms with Gasteiger partial charge in [0.15, 0.2) is 23.7 Å². The Morgan fingerprint density at radius 2 is 2.00 bits per heavy atom. The molecule has 0 radical (unpaired) electrons. The van der Waals surface area contributed by atoms with E-state index in [9.17, 15) is 18.4 Å². The van der Waals surface area contributed by atoms with Crippen LogP contribution in [0.25, 0.3) is 11.3 Å². The zero-order valence-electron chi connectivity index (χ0n) is 10.5. The fourth-order valence-electron chi connectivity index (χ4n) is 1.70. The third-order valence-electron chi connectivity index (χ3n) is 2.73. The van der Waals surface area contributed by atoms with Crippen molar-refractivity contribution in [3.05, 3.63) is 47.2 Å². The largest absolute Gasteiger partial charge is 0.469 e. The van der Waals surface area contributed by atoms with E-state index in [1.807, 2.05) is 0 Å². The summed E-state index contributed by atoms with van der Waals surface area (Å²) < 4.78 is 37.2. The number of hydrogen-bond acceptors (Lipinski definition) is 4. The van der Waals surface area contributed by atoms with Crippen LogP contribution in [-0.2, 0) is 16.0 Å². The minimum atomic E-state index is -1.14. The number of carbonyl (C=O) groups is 2. The first-order valence-corrected chi connectivity index (χ1v) is 5.66. The second-order valence-corrected chi connectivity index (χ2v) is 3.97. The Hall–Kier alpha value is -2.50. The lowest BCUT2D eigenvalue weighted by molar-refractivity contribution is -0.139. The van der Waals surface area contributed by atoms with Crippen LogP contribution in [-0.4, -0.2) is 19.4 Å². The van der Waals surface area contributed by atoms with E-state index in [1.54, 1.807) is 0 Å². The lowest BCUT2D eigenvalue weighted by Crippen LogP contribution is -2.07. The molecule has 1 aromatic carbocycles. The normalized spacial score (nSPS) is 10.3. The first-order valence-electron chi connectivity index (χ1n) is 5.66. The molecule has 0 atom stereocenters. The standard InChI is InChI=1S/C14H10F2O4/c1-19-12(18)6-8-2-4-10(14(16)13(8)15)11-5-3-9(7-17)20-11/h2-5,7H,6H2,1H3. The molecule has 0 amide bonds. The molecule has 2 rings (SSSR count). The molecule has 0 aliphatic carbocycles. The number of carbonyl (C=O) groups excluding carboxylic acids is 2. The molecule has 6 heteroatoms. The van der Waals surface area contributed by atoms with Crippen molar-refractivity contribution in [2.75, 3.05) is 7.11 Å². The number of hydrogen-bond donors (Lipinski definition) is 0. The number of methoxy groups -OCH3 is 1. The monoisotopic (exact) mass is 280 g/mol. The molecular weight excluding hydrogens is 270 g/mol. The van der Waals surface area contributed by atoms with Crippen molar-refractivity contribution >= 4 is 12.3 Å². The minimum absolute atomic E-state index is 0.0124. The molecule has 104 valence electrons. The van der Waals surface area contributed by atoms with Crippen LogP contribution >= 0.6 is 0 Å². The van der Waals surface area contributed by atoms with Gasteiger partial charge in [0.2, 0.25) is 0 Å². The summed E-state index contributed by atoms with van der Waals surface area (Å²) in [7, 11) is 1.16. The molecule has 1 heterocycles. The summed E-state index contributed by atoms with van der Waals surface area (Å²) in [4.78, 5) is 21.6. The Morgan fingerprint density at radius 1 is 1.25 bits per heavy atom. The lowest BCUT2D eigenvalue weighted by atomic mass is 10.1. The van der Waals surface area contributed by atoms with Crippen LogP contribution in [0.15, 0.2) is 28.7 Å². The molecule has 0 aliphatic heterocycles. The van der Waals surface area contributed by atoms with Gasteiger partial charge in [-0.1, -0.05) is 6.07 Å². The van der Waals surface area contributed by atoms with Gasteiger partial charge < -0.3 is 9.15 Å². The molecule has 0 aliphatic rings. The molecule has 0 bridgehead atoms. The van der Waals surface area contributed by atoms with Crippen LogP contribution in [0.5, 0.6) is 0 Å². The fraction of sp³-hybridized carbons (Fsp3) is 0.143. The molecule has 1 aromatic heterocycles. The summed E-state index contributed by atoms with van der Waals surface area (Å²) >= 11 is 0. The van der Waals surface area contributed by atoms with E-state index in [2.05, 4.69) is 4.74 Å². The molecule has 0 N–H and O–H groups in total. The molecule has 0 unspecified atom stereocenters. The number of esters is 1. The van der Waals surface area contributed by atoms with E-state index >= 15 is 0 Å². The van der Waals surface area contributed by atoms with Crippen molar-refractivity contribution in [2.24, 2.45) is 0 Å². The zero-order valence-corrected chi connectivity index (χ0v) is 10.5. The maximum atomic E-state index is 13.9. The summed E-state index contributed by atoms with van der Waals surface area (Å²) in [6.07, 6.45) is 0.0979. The van der Waals surface area contributed by atoms with Gasteiger partial charge >= 0.3 is 5.97 Å². The molecule has 20 heavy (non-hydrogen) atoms. The summed E-state index contributed by atoms with van der Waals surface area (Å²) in [6.45, 7) is 0. The van der Waals surface area contributed by atoms with Crippen molar-refractivity contribution < 1.29 is 27.5 Å². The Kier molecular flexibility index (Phi) is 3.93. The van der Waals surface area contributed by atoms with E-state index in [-0.39, 0.29) is 29.1 Å². The van der Waals surface area contributed by atoms with Crippen molar-refractivity contribution in [1.82, 2.24) is 0 Å². The third kappa shape index (κ3) is 2.59. The average Bonchev–Trinajstić information content (AvgIpc) is 2.92. The van der Waals surface area contributed by atoms with Crippen molar-refractivity contribution in [1.29, 1.82) is 0 Å². The van der Waals surface area contributed by atoms with Gasteiger partial charge in [0, 0.05) is 5.56 Å². The first-order chi connectivity index (χ1) is 9.56. The van der Waals surface area contributed by atoms with Gasteiger partial charge in [-0.3, -0.25) is 9.59 Å². The number of benzene rings is 1. The molecule has 0 spiro atoms. The Morgan fingerprint density at radius 3 is 2.60 bits per heavy atom. The van der Waals surface area contributed by atoms with E-state index in [4.69, 9.17) is 4.42 Å². The minimum Gasteiger partial charge on any atom is -0.469 e. The summed E-state index contributed by atoms with van der Waals surface area (Å²) in [5, 5.41) is 0. The van der Waals surface area contributed by atoms with Gasteiger partial charge in [0.05, 0.1) is 19.1 Å². The van der Waals surface area contributed by atoms with Gasteiger partial charge in [-0.05, 0) is 18.2 Å². The number of furan rings is 1. The fourth-order valence-corrected chi connectivity index (χ4v) is 1.70. The molecule has 2 aromatic rings. The van der Waals surface area contributed by atoms with Crippen molar-refractivity contribution in [3.8, 4) is 11.3 Å². The number of halogens is 2. The highest BCUT2D eigenvalue weighted by molar-refractivity contribution is 5.74. The summed E-state index contributed by atoms with van der Waals surface area (Å²) in [5.74, 6) is -2.90. The second kappa shape index (κ2) is 5.64. The molecule has 0 fully saturated rings. The maximum absolute atomic E-state index is 13.9. The number of aldehydes is 1. The topological polar surface area (TPSA) is 56.5 Å². The van der Waals surface area contributed by atoms with Crippen LogP contribution in [0.3, 0.4) is 0 Å². The smallest absolute Gasteiger partial charge is 0.310 e. The Balaban J connectivity index is 2.40. The van der Waals surface area contributed by atoms with Gasteiger partial charge in [-0.15, -0.1) is 0 Å². The number of rotatable bonds is 4. The highest BCUT2D eigenvalue weighted by atomic mass is 19.2. The molecule has 0 saturated heterocycles. The van der Waals surface area contributed by atoms with Crippen LogP contribution in [0.4, 0.5) is 8.78 Å². The van der Waals surface area contributed by atoms with Crippen molar-refractivity contribution in [2.45, 2.75) is 6.42 Å². The van der Waals surface area contributed by atoms with Gasteiger partial charge in [-0.2, -0.15) is 0 Å². The van der Waals surface area contributed by atoms with E-state index in [0.717, 1.165) is 7.11 Å².